The molecule has 3 aromatic rings. The number of fused-ring (bicyclic) bond motifs is 1. The van der Waals surface area contributed by atoms with Crippen LogP contribution in [0, 0.1) is 0 Å². The van der Waals surface area contributed by atoms with Crippen LogP contribution in [0.4, 0.5) is 5.00 Å². The number of ether oxygens (including phenoxy) is 2. The molecule has 0 unspecified atom stereocenters. The third kappa shape index (κ3) is 7.41. The van der Waals surface area contributed by atoms with Crippen molar-refractivity contribution in [2.75, 3.05) is 19.0 Å². The first-order chi connectivity index (χ1) is 20.9. The number of thiophene rings is 1. The summed E-state index contributed by atoms with van der Waals surface area (Å²) in [6.07, 6.45) is 8.43. The first-order valence-electron chi connectivity index (χ1n) is 15.0. The Kier molecular flexibility index (Phi) is 10.4. The summed E-state index contributed by atoms with van der Waals surface area (Å²) >= 11 is 2.82. The predicted octanol–water partition coefficient (Wildman–Crippen LogP) is 5.50. The molecule has 1 saturated carbocycles. The quantitative estimate of drug-likeness (QED) is 0.200. The molecule has 43 heavy (non-hydrogen) atoms. The molecule has 2 amide bonds. The number of methoxy groups -OCH3 is 1. The fourth-order valence-corrected chi connectivity index (χ4v) is 7.94. The van der Waals surface area contributed by atoms with Gasteiger partial charge in [0.2, 0.25) is 11.8 Å². The lowest BCUT2D eigenvalue weighted by Crippen LogP contribution is -2.28. The number of carbonyl (C=O) groups excluding carboxylic acids is 3. The van der Waals surface area contributed by atoms with Crippen molar-refractivity contribution >= 4 is 45.9 Å². The summed E-state index contributed by atoms with van der Waals surface area (Å²) < 4.78 is 12.6. The van der Waals surface area contributed by atoms with Gasteiger partial charge in [0.05, 0.1) is 37.5 Å². The minimum absolute atomic E-state index is 0.106. The van der Waals surface area contributed by atoms with Gasteiger partial charge in [-0.3, -0.25) is 9.59 Å². The molecule has 5 rings (SSSR count). The van der Waals surface area contributed by atoms with Crippen LogP contribution in [0.15, 0.2) is 29.4 Å². The monoisotopic (exact) mass is 625 g/mol. The minimum atomic E-state index is -0.490. The zero-order valence-electron chi connectivity index (χ0n) is 24.9. The molecular formula is C31H39N5O5S2. The Morgan fingerprint density at radius 2 is 1.86 bits per heavy atom. The first-order valence-corrected chi connectivity index (χ1v) is 16.7. The lowest BCUT2D eigenvalue weighted by molar-refractivity contribution is -0.120. The summed E-state index contributed by atoms with van der Waals surface area (Å²) in [4.78, 5) is 40.1. The molecular weight excluding hydrogens is 587 g/mol. The molecule has 2 N–H and O–H groups in total. The number of amides is 2. The highest BCUT2D eigenvalue weighted by molar-refractivity contribution is 8.00. The number of aryl methyl sites for hydroxylation is 1. The van der Waals surface area contributed by atoms with Crippen LogP contribution in [0.1, 0.15) is 90.6 Å². The Bertz CT molecular complexity index is 1450. The van der Waals surface area contributed by atoms with Crippen LogP contribution in [-0.4, -0.2) is 51.5 Å². The van der Waals surface area contributed by atoms with Crippen molar-refractivity contribution in [2.45, 2.75) is 94.6 Å². The molecule has 12 heteroatoms. The van der Waals surface area contributed by atoms with E-state index in [9.17, 15) is 14.4 Å². The second kappa shape index (κ2) is 14.4. The molecule has 1 atom stereocenters. The van der Waals surface area contributed by atoms with E-state index in [0.29, 0.717) is 21.5 Å². The lowest BCUT2D eigenvalue weighted by atomic mass is 9.95. The summed E-state index contributed by atoms with van der Waals surface area (Å²) in [5.74, 6) is 0.738. The summed E-state index contributed by atoms with van der Waals surface area (Å²) in [5.41, 5.74) is 2.41. The molecule has 1 fully saturated rings. The van der Waals surface area contributed by atoms with Crippen LogP contribution in [0.2, 0.25) is 0 Å². The number of rotatable bonds is 12. The van der Waals surface area contributed by atoms with E-state index in [2.05, 4.69) is 25.4 Å². The van der Waals surface area contributed by atoms with E-state index in [1.54, 1.807) is 14.0 Å². The molecule has 0 saturated heterocycles. The second-order valence-corrected chi connectivity index (χ2v) is 13.3. The molecule has 0 aliphatic heterocycles. The topological polar surface area (TPSA) is 124 Å². The highest BCUT2D eigenvalue weighted by Crippen LogP contribution is 2.40. The van der Waals surface area contributed by atoms with Crippen LogP contribution >= 0.6 is 23.1 Å². The van der Waals surface area contributed by atoms with Gasteiger partial charge in [-0.05, 0) is 69.2 Å². The Hall–Kier alpha value is -3.38. The van der Waals surface area contributed by atoms with Gasteiger partial charge in [-0.1, -0.05) is 43.2 Å². The molecule has 2 heterocycles. The van der Waals surface area contributed by atoms with Crippen molar-refractivity contribution in [1.82, 2.24) is 20.1 Å². The number of thioether (sulfide) groups is 1. The average Bonchev–Trinajstić information content (AvgIpc) is 3.71. The standard InChI is InChI=1S/C31H39N5O5S2/c1-4-41-30(39)27-23-11-8-12-24(23)43-29(27)33-28(38)19(2)42-31-35-34-25(36(31)21-9-6-5-7-10-21)18-32-26(37)17-20-13-15-22(40-3)16-14-20/h13-16,19,21H,4-12,17-18H2,1-3H3,(H,32,37)(H,33,38)/t19-/m1/s1. The van der Waals surface area contributed by atoms with Gasteiger partial charge in [0.1, 0.15) is 10.8 Å². The van der Waals surface area contributed by atoms with E-state index >= 15 is 0 Å². The van der Waals surface area contributed by atoms with Gasteiger partial charge in [-0.25, -0.2) is 4.79 Å². The summed E-state index contributed by atoms with van der Waals surface area (Å²) in [6, 6.07) is 7.65. The lowest BCUT2D eigenvalue weighted by Gasteiger charge is -2.26. The van der Waals surface area contributed by atoms with E-state index in [1.807, 2.05) is 31.2 Å². The SMILES string of the molecule is CCOC(=O)c1c(NC(=O)[C@@H](C)Sc2nnc(CNC(=O)Cc3ccc(OC)cc3)n2C2CCCCC2)sc2c1CCC2. The number of aromatic nitrogens is 3. The Morgan fingerprint density at radius 3 is 2.58 bits per heavy atom. The second-order valence-electron chi connectivity index (χ2n) is 10.9. The van der Waals surface area contributed by atoms with Crippen molar-refractivity contribution < 1.29 is 23.9 Å². The number of esters is 1. The van der Waals surface area contributed by atoms with Crippen LogP contribution in [-0.2, 0) is 40.1 Å². The first kappa shape index (κ1) is 31.1. The Labute approximate surface area is 260 Å². The van der Waals surface area contributed by atoms with Crippen LogP contribution in [0.25, 0.3) is 0 Å². The van der Waals surface area contributed by atoms with Crippen LogP contribution in [0.5, 0.6) is 5.75 Å². The summed E-state index contributed by atoms with van der Waals surface area (Å²) in [6.45, 7) is 4.15. The van der Waals surface area contributed by atoms with E-state index in [0.717, 1.165) is 66.7 Å². The number of hydrogen-bond donors (Lipinski definition) is 2. The normalized spacial score (nSPS) is 15.5. The van der Waals surface area contributed by atoms with Crippen molar-refractivity contribution in [3.63, 3.8) is 0 Å². The Balaban J connectivity index is 1.27. The maximum absolute atomic E-state index is 13.4. The molecule has 0 spiro atoms. The number of nitrogens with zero attached hydrogens (tertiary/aromatic N) is 3. The summed E-state index contributed by atoms with van der Waals surface area (Å²) in [7, 11) is 1.61. The van der Waals surface area contributed by atoms with Crippen LogP contribution < -0.4 is 15.4 Å². The van der Waals surface area contributed by atoms with Crippen molar-refractivity contribution in [2.24, 2.45) is 0 Å². The smallest absolute Gasteiger partial charge is 0.341 e. The maximum Gasteiger partial charge on any atom is 0.341 e. The molecule has 10 nitrogen and oxygen atoms in total. The van der Waals surface area contributed by atoms with Gasteiger partial charge in [-0.2, -0.15) is 0 Å². The minimum Gasteiger partial charge on any atom is -0.497 e. The average molecular weight is 626 g/mol. The number of carbonyl (C=O) groups is 3. The van der Waals surface area contributed by atoms with E-state index in [4.69, 9.17) is 9.47 Å². The summed E-state index contributed by atoms with van der Waals surface area (Å²) in [5, 5.41) is 15.7. The van der Waals surface area contributed by atoms with Crippen LogP contribution in [0.3, 0.4) is 0 Å². The van der Waals surface area contributed by atoms with E-state index < -0.39 is 5.25 Å². The van der Waals surface area contributed by atoms with Gasteiger partial charge < -0.3 is 24.7 Å². The fourth-order valence-electron chi connectivity index (χ4n) is 5.72. The number of hydrogen-bond acceptors (Lipinski definition) is 9. The zero-order valence-corrected chi connectivity index (χ0v) is 26.6. The van der Waals surface area contributed by atoms with E-state index in [1.165, 1.54) is 29.5 Å². The molecule has 2 aliphatic rings. The van der Waals surface area contributed by atoms with Gasteiger partial charge in [0.25, 0.3) is 0 Å². The molecule has 1 aromatic carbocycles. The zero-order chi connectivity index (χ0) is 30.3. The van der Waals surface area contributed by atoms with Gasteiger partial charge in [0, 0.05) is 10.9 Å². The van der Waals surface area contributed by atoms with Gasteiger partial charge >= 0.3 is 5.97 Å². The third-order valence-corrected chi connectivity index (χ3v) is 10.2. The molecule has 230 valence electrons. The molecule has 0 bridgehead atoms. The predicted molar refractivity (Wildman–Crippen MR) is 167 cm³/mol. The third-order valence-electron chi connectivity index (χ3n) is 7.93. The highest BCUT2D eigenvalue weighted by atomic mass is 32.2. The van der Waals surface area contributed by atoms with Gasteiger partial charge in [0.15, 0.2) is 11.0 Å². The van der Waals surface area contributed by atoms with Crippen molar-refractivity contribution in [3.05, 3.63) is 51.7 Å². The number of benzene rings is 1. The molecule has 2 aromatic heterocycles. The number of nitrogens with one attached hydrogen (secondary N) is 2. The largest absolute Gasteiger partial charge is 0.497 e. The molecule has 0 radical (unpaired) electrons. The number of anilines is 1. The fraction of sp³-hybridized carbons (Fsp3) is 0.516. The van der Waals surface area contributed by atoms with Gasteiger partial charge in [-0.15, -0.1) is 21.5 Å². The van der Waals surface area contributed by atoms with E-state index in [-0.39, 0.29) is 43.4 Å². The molecule has 2 aliphatic carbocycles. The highest BCUT2D eigenvalue weighted by Gasteiger charge is 2.30. The van der Waals surface area contributed by atoms with Crippen molar-refractivity contribution in [1.29, 1.82) is 0 Å². The maximum atomic E-state index is 13.4. The van der Waals surface area contributed by atoms with Crippen molar-refractivity contribution in [3.8, 4) is 5.75 Å². The Morgan fingerprint density at radius 1 is 1.09 bits per heavy atom.